The van der Waals surface area contributed by atoms with E-state index < -0.39 is 0 Å². The summed E-state index contributed by atoms with van der Waals surface area (Å²) in [5.74, 6) is 1.01. The Bertz CT molecular complexity index is 284. The lowest BCUT2D eigenvalue weighted by atomic mass is 9.84. The minimum Gasteiger partial charge on any atom is -0.300 e. The van der Waals surface area contributed by atoms with Gasteiger partial charge in [-0.05, 0) is 36.5 Å². The van der Waals surface area contributed by atoms with Gasteiger partial charge in [-0.15, -0.1) is 0 Å². The van der Waals surface area contributed by atoms with E-state index in [1.54, 1.807) is 0 Å². The molecule has 1 saturated carbocycles. The first-order chi connectivity index (χ1) is 6.36. The van der Waals surface area contributed by atoms with Crippen LogP contribution in [-0.2, 0) is 4.79 Å². The number of carbonyl (C=O) groups is 1. The molecule has 68 valence electrons. The van der Waals surface area contributed by atoms with Gasteiger partial charge in [0.25, 0.3) is 0 Å². The van der Waals surface area contributed by atoms with E-state index in [2.05, 4.69) is 17.1 Å². The van der Waals surface area contributed by atoms with Gasteiger partial charge >= 0.3 is 0 Å². The number of hydrogen-bond donors (Lipinski definition) is 0. The maximum absolute atomic E-state index is 11.0. The lowest BCUT2D eigenvalue weighted by Gasteiger charge is -2.20. The fourth-order valence-electron chi connectivity index (χ4n) is 1.91. The van der Waals surface area contributed by atoms with E-state index in [0.29, 0.717) is 11.7 Å². The molecule has 1 aromatic rings. The summed E-state index contributed by atoms with van der Waals surface area (Å²) in [6, 6.07) is 4.11. The predicted octanol–water partition coefficient (Wildman–Crippen LogP) is 2.31. The highest BCUT2D eigenvalue weighted by Crippen LogP contribution is 2.30. The molecule has 1 aliphatic carbocycles. The van der Waals surface area contributed by atoms with Gasteiger partial charge < -0.3 is 0 Å². The zero-order valence-electron chi connectivity index (χ0n) is 7.57. The number of nitrogens with zero attached hydrogens (tertiary/aromatic N) is 1. The van der Waals surface area contributed by atoms with E-state index in [0.717, 1.165) is 25.7 Å². The van der Waals surface area contributed by atoms with E-state index >= 15 is 0 Å². The Labute approximate surface area is 78.0 Å². The molecule has 0 unspecified atom stereocenters. The first-order valence-corrected chi connectivity index (χ1v) is 4.78. The zero-order valence-corrected chi connectivity index (χ0v) is 7.57. The number of rotatable bonds is 1. The molecule has 1 aromatic heterocycles. The molecule has 1 aliphatic rings. The highest BCUT2D eigenvalue weighted by atomic mass is 16.1. The number of carbonyl (C=O) groups excluding carboxylic acids is 1. The van der Waals surface area contributed by atoms with Crippen LogP contribution in [0.3, 0.4) is 0 Å². The minimum atomic E-state index is 0.422. The molecule has 1 fully saturated rings. The summed E-state index contributed by atoms with van der Waals surface area (Å²) < 4.78 is 0. The van der Waals surface area contributed by atoms with Crippen molar-refractivity contribution in [2.24, 2.45) is 0 Å². The van der Waals surface area contributed by atoms with Crippen molar-refractivity contribution in [2.45, 2.75) is 31.6 Å². The van der Waals surface area contributed by atoms with Crippen LogP contribution in [0.4, 0.5) is 0 Å². The van der Waals surface area contributed by atoms with Gasteiger partial charge in [0.1, 0.15) is 5.78 Å². The summed E-state index contributed by atoms with van der Waals surface area (Å²) in [4.78, 5) is 15.0. The topological polar surface area (TPSA) is 30.0 Å². The number of hydrogen-bond acceptors (Lipinski definition) is 2. The Morgan fingerprint density at radius 3 is 2.38 bits per heavy atom. The van der Waals surface area contributed by atoms with Crippen molar-refractivity contribution in [2.75, 3.05) is 0 Å². The summed E-state index contributed by atoms with van der Waals surface area (Å²) >= 11 is 0. The van der Waals surface area contributed by atoms with Gasteiger partial charge in [-0.1, -0.05) is 0 Å². The second-order valence-corrected chi connectivity index (χ2v) is 3.59. The molecule has 0 spiro atoms. The van der Waals surface area contributed by atoms with Crippen molar-refractivity contribution in [1.29, 1.82) is 0 Å². The van der Waals surface area contributed by atoms with Gasteiger partial charge in [0.2, 0.25) is 0 Å². The standard InChI is InChI=1S/C11H13NO/c13-11-3-1-9(2-4-11)10-5-7-12-8-6-10/h5-9H,1-4H2. The van der Waals surface area contributed by atoms with Crippen LogP contribution in [0.15, 0.2) is 24.5 Å². The normalized spacial score (nSPS) is 18.9. The largest absolute Gasteiger partial charge is 0.300 e. The van der Waals surface area contributed by atoms with Crippen LogP contribution in [0.1, 0.15) is 37.2 Å². The van der Waals surface area contributed by atoms with Crippen LogP contribution in [0.2, 0.25) is 0 Å². The monoisotopic (exact) mass is 175 g/mol. The van der Waals surface area contributed by atoms with Crippen LogP contribution < -0.4 is 0 Å². The molecule has 0 aliphatic heterocycles. The van der Waals surface area contributed by atoms with Crippen LogP contribution >= 0.6 is 0 Å². The zero-order chi connectivity index (χ0) is 9.10. The highest BCUT2D eigenvalue weighted by Gasteiger charge is 2.19. The summed E-state index contributed by atoms with van der Waals surface area (Å²) in [5.41, 5.74) is 1.34. The number of pyridine rings is 1. The molecule has 0 N–H and O–H groups in total. The van der Waals surface area contributed by atoms with Crippen LogP contribution in [0.25, 0.3) is 0 Å². The smallest absolute Gasteiger partial charge is 0.132 e. The van der Waals surface area contributed by atoms with E-state index in [4.69, 9.17) is 0 Å². The second-order valence-electron chi connectivity index (χ2n) is 3.59. The Kier molecular flexibility index (Phi) is 2.39. The van der Waals surface area contributed by atoms with Gasteiger partial charge in [-0.25, -0.2) is 0 Å². The molecule has 2 heteroatoms. The maximum Gasteiger partial charge on any atom is 0.132 e. The van der Waals surface area contributed by atoms with Crippen LogP contribution in [-0.4, -0.2) is 10.8 Å². The fourth-order valence-corrected chi connectivity index (χ4v) is 1.91. The third-order valence-corrected chi connectivity index (χ3v) is 2.72. The van der Waals surface area contributed by atoms with Crippen molar-refractivity contribution in [3.8, 4) is 0 Å². The van der Waals surface area contributed by atoms with E-state index in [9.17, 15) is 4.79 Å². The maximum atomic E-state index is 11.0. The summed E-state index contributed by atoms with van der Waals surface area (Å²) in [5, 5.41) is 0. The average molecular weight is 175 g/mol. The predicted molar refractivity (Wildman–Crippen MR) is 50.5 cm³/mol. The fraction of sp³-hybridized carbons (Fsp3) is 0.455. The third-order valence-electron chi connectivity index (χ3n) is 2.72. The number of aromatic nitrogens is 1. The third kappa shape index (κ3) is 1.94. The van der Waals surface area contributed by atoms with Gasteiger partial charge in [0.05, 0.1) is 0 Å². The molecule has 13 heavy (non-hydrogen) atoms. The highest BCUT2D eigenvalue weighted by molar-refractivity contribution is 5.79. The molecule has 0 atom stereocenters. The molecule has 0 radical (unpaired) electrons. The summed E-state index contributed by atoms with van der Waals surface area (Å²) in [6.07, 6.45) is 7.20. The van der Waals surface area contributed by atoms with Gasteiger partial charge in [0.15, 0.2) is 0 Å². The second kappa shape index (κ2) is 3.69. The van der Waals surface area contributed by atoms with E-state index in [-0.39, 0.29) is 0 Å². The summed E-state index contributed by atoms with van der Waals surface area (Å²) in [7, 11) is 0. The average Bonchev–Trinajstić information content (AvgIpc) is 2.20. The molecule has 0 amide bonds. The first kappa shape index (κ1) is 8.42. The molecule has 0 saturated heterocycles. The van der Waals surface area contributed by atoms with Crippen molar-refractivity contribution in [1.82, 2.24) is 4.98 Å². The van der Waals surface area contributed by atoms with Crippen LogP contribution in [0.5, 0.6) is 0 Å². The Morgan fingerprint density at radius 1 is 1.15 bits per heavy atom. The van der Waals surface area contributed by atoms with Crippen molar-refractivity contribution in [3.05, 3.63) is 30.1 Å². The van der Waals surface area contributed by atoms with Crippen molar-refractivity contribution < 1.29 is 4.79 Å². The SMILES string of the molecule is O=C1CCC(c2ccncc2)CC1. The molecular formula is C11H13NO. The number of Topliss-reactive ketones (excluding diaryl/α,β-unsaturated/α-hetero) is 1. The molecule has 1 heterocycles. The summed E-state index contributed by atoms with van der Waals surface area (Å²) in [6.45, 7) is 0. The van der Waals surface area contributed by atoms with Crippen molar-refractivity contribution in [3.63, 3.8) is 0 Å². The van der Waals surface area contributed by atoms with Gasteiger partial charge in [0, 0.05) is 25.2 Å². The minimum absolute atomic E-state index is 0.422. The molecule has 2 nitrogen and oxygen atoms in total. The number of ketones is 1. The molecule has 2 rings (SSSR count). The quantitative estimate of drug-likeness (QED) is 0.655. The lowest BCUT2D eigenvalue weighted by Crippen LogP contribution is -2.12. The lowest BCUT2D eigenvalue weighted by molar-refractivity contribution is -0.120. The first-order valence-electron chi connectivity index (χ1n) is 4.78. The molecular weight excluding hydrogens is 162 g/mol. The van der Waals surface area contributed by atoms with E-state index in [1.165, 1.54) is 5.56 Å². The van der Waals surface area contributed by atoms with Gasteiger partial charge in [-0.2, -0.15) is 0 Å². The van der Waals surface area contributed by atoms with E-state index in [1.807, 2.05) is 12.4 Å². The Balaban J connectivity index is 2.07. The Morgan fingerprint density at radius 2 is 1.77 bits per heavy atom. The molecule has 0 bridgehead atoms. The Hall–Kier alpha value is -1.18. The molecule has 0 aromatic carbocycles. The van der Waals surface area contributed by atoms with Crippen LogP contribution in [0, 0.1) is 0 Å². The van der Waals surface area contributed by atoms with Gasteiger partial charge in [-0.3, -0.25) is 9.78 Å². The van der Waals surface area contributed by atoms with Crippen molar-refractivity contribution >= 4 is 5.78 Å².